The molecule has 0 saturated carbocycles. The summed E-state index contributed by atoms with van der Waals surface area (Å²) < 4.78 is 39.8. The van der Waals surface area contributed by atoms with Gasteiger partial charge in [0.2, 0.25) is 10.0 Å². The van der Waals surface area contributed by atoms with Crippen LogP contribution in [0.15, 0.2) is 47.4 Å². The molecule has 0 atom stereocenters. The SMILES string of the molecule is CCCNS(=O)(=O)c1cccc(C(=O)Nc2ccc(F)cc2C)c1. The lowest BCUT2D eigenvalue weighted by atomic mass is 10.1. The van der Waals surface area contributed by atoms with Gasteiger partial charge < -0.3 is 5.32 Å². The fraction of sp³-hybridized carbons (Fsp3) is 0.235. The lowest BCUT2D eigenvalue weighted by Crippen LogP contribution is -2.24. The van der Waals surface area contributed by atoms with E-state index in [0.717, 1.165) is 0 Å². The molecule has 2 N–H and O–H groups in total. The van der Waals surface area contributed by atoms with Crippen LogP contribution in [0.2, 0.25) is 0 Å². The van der Waals surface area contributed by atoms with E-state index in [1.807, 2.05) is 6.92 Å². The van der Waals surface area contributed by atoms with Crippen molar-refractivity contribution in [2.24, 2.45) is 0 Å². The van der Waals surface area contributed by atoms with E-state index in [-0.39, 0.29) is 16.3 Å². The number of hydrogen-bond donors (Lipinski definition) is 2. The number of nitrogens with one attached hydrogen (secondary N) is 2. The Kier molecular flexibility index (Phi) is 5.69. The predicted octanol–water partition coefficient (Wildman–Crippen LogP) is 3.07. The first-order valence-corrected chi connectivity index (χ1v) is 8.99. The molecule has 2 aromatic carbocycles. The lowest BCUT2D eigenvalue weighted by Gasteiger charge is -2.10. The van der Waals surface area contributed by atoms with Crippen molar-refractivity contribution in [2.75, 3.05) is 11.9 Å². The van der Waals surface area contributed by atoms with Crippen molar-refractivity contribution < 1.29 is 17.6 Å². The van der Waals surface area contributed by atoms with E-state index in [0.29, 0.717) is 24.2 Å². The predicted molar refractivity (Wildman–Crippen MR) is 91.0 cm³/mol. The van der Waals surface area contributed by atoms with Gasteiger partial charge in [-0.15, -0.1) is 0 Å². The summed E-state index contributed by atoms with van der Waals surface area (Å²) in [6.45, 7) is 3.86. The van der Waals surface area contributed by atoms with Crippen LogP contribution in [0.25, 0.3) is 0 Å². The molecular weight excluding hydrogens is 331 g/mol. The molecule has 0 radical (unpaired) electrons. The van der Waals surface area contributed by atoms with Gasteiger partial charge in [0.1, 0.15) is 5.82 Å². The third-order valence-electron chi connectivity index (χ3n) is 3.39. The van der Waals surface area contributed by atoms with E-state index in [1.54, 1.807) is 6.92 Å². The van der Waals surface area contributed by atoms with Crippen LogP contribution in [0.4, 0.5) is 10.1 Å². The number of aryl methyl sites for hydroxylation is 1. The van der Waals surface area contributed by atoms with Gasteiger partial charge >= 0.3 is 0 Å². The second kappa shape index (κ2) is 7.55. The first-order chi connectivity index (χ1) is 11.3. The molecule has 2 aromatic rings. The average Bonchev–Trinajstić information content (AvgIpc) is 2.55. The zero-order valence-corrected chi connectivity index (χ0v) is 14.3. The number of anilines is 1. The van der Waals surface area contributed by atoms with Gasteiger partial charge in [-0.3, -0.25) is 4.79 Å². The van der Waals surface area contributed by atoms with Gasteiger partial charge in [0.05, 0.1) is 4.90 Å². The van der Waals surface area contributed by atoms with Crippen molar-refractivity contribution in [1.29, 1.82) is 0 Å². The molecule has 0 saturated heterocycles. The summed E-state index contributed by atoms with van der Waals surface area (Å²) >= 11 is 0. The molecular formula is C17H19FN2O3S. The Morgan fingerprint density at radius 3 is 2.58 bits per heavy atom. The Morgan fingerprint density at radius 2 is 1.92 bits per heavy atom. The summed E-state index contributed by atoms with van der Waals surface area (Å²) in [6, 6.07) is 9.79. The third-order valence-corrected chi connectivity index (χ3v) is 4.84. The summed E-state index contributed by atoms with van der Waals surface area (Å²) in [5.74, 6) is -0.849. The summed E-state index contributed by atoms with van der Waals surface area (Å²) in [5.41, 5.74) is 1.26. The standard InChI is InChI=1S/C17H19FN2O3S/c1-3-9-19-24(22,23)15-6-4-5-13(11-15)17(21)20-16-8-7-14(18)10-12(16)2/h4-8,10-11,19H,3,9H2,1-2H3,(H,20,21). The lowest BCUT2D eigenvalue weighted by molar-refractivity contribution is 0.102. The second-order valence-corrected chi connectivity index (χ2v) is 7.11. The molecule has 1 amide bonds. The summed E-state index contributed by atoms with van der Waals surface area (Å²) in [4.78, 5) is 12.4. The maximum atomic E-state index is 13.1. The van der Waals surface area contributed by atoms with Gasteiger partial charge in [-0.05, 0) is 55.3 Å². The first-order valence-electron chi connectivity index (χ1n) is 7.50. The van der Waals surface area contributed by atoms with E-state index < -0.39 is 15.9 Å². The monoisotopic (exact) mass is 350 g/mol. The summed E-state index contributed by atoms with van der Waals surface area (Å²) in [5, 5.41) is 2.65. The van der Waals surface area contributed by atoms with Crippen LogP contribution < -0.4 is 10.0 Å². The maximum absolute atomic E-state index is 13.1. The fourth-order valence-electron chi connectivity index (χ4n) is 2.09. The number of sulfonamides is 1. The molecule has 24 heavy (non-hydrogen) atoms. The van der Waals surface area contributed by atoms with Gasteiger partial charge in [0, 0.05) is 17.8 Å². The number of amides is 1. The topological polar surface area (TPSA) is 75.3 Å². The quantitative estimate of drug-likeness (QED) is 0.841. The van der Waals surface area contributed by atoms with Crippen molar-refractivity contribution in [2.45, 2.75) is 25.2 Å². The van der Waals surface area contributed by atoms with Crippen molar-refractivity contribution in [3.63, 3.8) is 0 Å². The zero-order valence-electron chi connectivity index (χ0n) is 13.5. The van der Waals surface area contributed by atoms with E-state index >= 15 is 0 Å². The molecule has 0 heterocycles. The van der Waals surface area contributed by atoms with Crippen LogP contribution in [0, 0.1) is 12.7 Å². The normalized spacial score (nSPS) is 11.3. The Hall–Kier alpha value is -2.25. The highest BCUT2D eigenvalue weighted by Gasteiger charge is 2.16. The van der Waals surface area contributed by atoms with Crippen LogP contribution in [-0.2, 0) is 10.0 Å². The molecule has 0 aliphatic carbocycles. The van der Waals surface area contributed by atoms with Crippen LogP contribution in [-0.4, -0.2) is 20.9 Å². The zero-order chi connectivity index (χ0) is 17.7. The minimum atomic E-state index is -3.64. The molecule has 0 aliphatic rings. The summed E-state index contributed by atoms with van der Waals surface area (Å²) in [6.07, 6.45) is 0.670. The number of carbonyl (C=O) groups excluding carboxylic acids is 1. The van der Waals surface area contributed by atoms with Crippen LogP contribution in [0.3, 0.4) is 0 Å². The van der Waals surface area contributed by atoms with Gasteiger partial charge in [-0.25, -0.2) is 17.5 Å². The van der Waals surface area contributed by atoms with Crippen LogP contribution >= 0.6 is 0 Å². The molecule has 0 unspecified atom stereocenters. The van der Waals surface area contributed by atoms with Crippen LogP contribution in [0.1, 0.15) is 29.3 Å². The van der Waals surface area contributed by atoms with Gasteiger partial charge in [-0.1, -0.05) is 13.0 Å². The Labute approximate surface area is 141 Å². The molecule has 2 rings (SSSR count). The van der Waals surface area contributed by atoms with E-state index in [4.69, 9.17) is 0 Å². The van der Waals surface area contributed by atoms with Gasteiger partial charge in [0.15, 0.2) is 0 Å². The average molecular weight is 350 g/mol. The van der Waals surface area contributed by atoms with E-state index in [2.05, 4.69) is 10.0 Å². The Balaban J connectivity index is 2.23. The smallest absolute Gasteiger partial charge is 0.255 e. The largest absolute Gasteiger partial charge is 0.322 e. The van der Waals surface area contributed by atoms with Crippen LogP contribution in [0.5, 0.6) is 0 Å². The van der Waals surface area contributed by atoms with E-state index in [1.165, 1.54) is 42.5 Å². The number of carbonyl (C=O) groups is 1. The minimum Gasteiger partial charge on any atom is -0.322 e. The first kappa shape index (κ1) is 18.1. The molecule has 128 valence electrons. The van der Waals surface area contributed by atoms with E-state index in [9.17, 15) is 17.6 Å². The Bertz CT molecular complexity index is 851. The molecule has 5 nitrogen and oxygen atoms in total. The molecule has 0 bridgehead atoms. The molecule has 0 aromatic heterocycles. The molecule has 7 heteroatoms. The van der Waals surface area contributed by atoms with Crippen molar-refractivity contribution >= 4 is 21.6 Å². The molecule has 0 fully saturated rings. The number of halogens is 1. The Morgan fingerprint density at radius 1 is 1.17 bits per heavy atom. The number of hydrogen-bond acceptors (Lipinski definition) is 3. The molecule has 0 spiro atoms. The molecule has 0 aliphatic heterocycles. The minimum absolute atomic E-state index is 0.0272. The maximum Gasteiger partial charge on any atom is 0.255 e. The van der Waals surface area contributed by atoms with Gasteiger partial charge in [-0.2, -0.15) is 0 Å². The second-order valence-electron chi connectivity index (χ2n) is 5.34. The van der Waals surface area contributed by atoms with Gasteiger partial charge in [0.25, 0.3) is 5.91 Å². The highest BCUT2D eigenvalue weighted by Crippen LogP contribution is 2.18. The highest BCUT2D eigenvalue weighted by atomic mass is 32.2. The van der Waals surface area contributed by atoms with Crippen molar-refractivity contribution in [3.8, 4) is 0 Å². The van der Waals surface area contributed by atoms with Crippen molar-refractivity contribution in [3.05, 3.63) is 59.4 Å². The highest BCUT2D eigenvalue weighted by molar-refractivity contribution is 7.89. The summed E-state index contributed by atoms with van der Waals surface area (Å²) in [7, 11) is -3.64. The number of rotatable bonds is 6. The number of benzene rings is 2. The third kappa shape index (κ3) is 4.39. The fourth-order valence-corrected chi connectivity index (χ4v) is 3.27. The van der Waals surface area contributed by atoms with Crippen molar-refractivity contribution in [1.82, 2.24) is 4.72 Å².